The van der Waals surface area contributed by atoms with E-state index in [1.165, 1.54) is 25.3 Å². The lowest BCUT2D eigenvalue weighted by atomic mass is 9.96. The lowest BCUT2D eigenvalue weighted by molar-refractivity contribution is -0.117. The van der Waals surface area contributed by atoms with Crippen LogP contribution in [0, 0.1) is 5.41 Å². The van der Waals surface area contributed by atoms with Crippen LogP contribution < -0.4 is 21.7 Å². The van der Waals surface area contributed by atoms with Crippen molar-refractivity contribution in [2.24, 2.45) is 10.7 Å². The summed E-state index contributed by atoms with van der Waals surface area (Å²) in [6.07, 6.45) is 15.7. The second kappa shape index (κ2) is 17.7. The van der Waals surface area contributed by atoms with Crippen LogP contribution in [-0.4, -0.2) is 88.9 Å². The van der Waals surface area contributed by atoms with Crippen molar-refractivity contribution in [2.75, 3.05) is 32.8 Å². The molecule has 0 radical (unpaired) electrons. The number of allylic oxidation sites excluding steroid dienone is 4. The SMILES string of the molecule is CCC=C(NC1=CC(C(=O)NCCN2CCCC2(C)C)=CNC1C)/C(C=N)=C(\CCC)c1cc(/C(C=NCC(O)CO)=C/N)c[nH]1. The number of aromatic nitrogens is 1. The van der Waals surface area contributed by atoms with E-state index >= 15 is 0 Å². The highest BCUT2D eigenvalue weighted by Crippen LogP contribution is 2.29. The highest BCUT2D eigenvalue weighted by atomic mass is 16.3. The molecular formula is C35H54N8O3. The number of aliphatic hydroxyl groups is 2. The summed E-state index contributed by atoms with van der Waals surface area (Å²) < 4.78 is 0. The lowest BCUT2D eigenvalue weighted by Crippen LogP contribution is -2.43. The molecule has 2 unspecified atom stereocenters. The first-order chi connectivity index (χ1) is 22.1. The summed E-state index contributed by atoms with van der Waals surface area (Å²) in [7, 11) is 0. The normalized spacial score (nSPS) is 20.1. The second-order valence-corrected chi connectivity index (χ2v) is 12.4. The summed E-state index contributed by atoms with van der Waals surface area (Å²) in [5, 5.41) is 37.1. The summed E-state index contributed by atoms with van der Waals surface area (Å²) in [4.78, 5) is 23.1. The number of aromatic amines is 1. The maximum absolute atomic E-state index is 13.1. The molecule has 11 nitrogen and oxygen atoms in total. The zero-order valence-electron chi connectivity index (χ0n) is 28.1. The highest BCUT2D eigenvalue weighted by molar-refractivity contribution is 6.10. The van der Waals surface area contributed by atoms with Gasteiger partial charge in [0.25, 0.3) is 5.91 Å². The lowest BCUT2D eigenvalue weighted by Gasteiger charge is -2.31. The van der Waals surface area contributed by atoms with Crippen LogP contribution in [0.15, 0.2) is 64.3 Å². The molecule has 0 aromatic carbocycles. The molecule has 1 amide bonds. The third-order valence-electron chi connectivity index (χ3n) is 8.49. The molecular weight excluding hydrogens is 580 g/mol. The molecule has 3 heterocycles. The van der Waals surface area contributed by atoms with Gasteiger partial charge in [0.05, 0.1) is 30.9 Å². The van der Waals surface area contributed by atoms with Gasteiger partial charge >= 0.3 is 0 Å². The van der Waals surface area contributed by atoms with Gasteiger partial charge in [0.1, 0.15) is 0 Å². The second-order valence-electron chi connectivity index (χ2n) is 12.4. The largest absolute Gasteiger partial charge is 0.404 e. The molecule has 0 saturated carbocycles. The first-order valence-corrected chi connectivity index (χ1v) is 16.4. The van der Waals surface area contributed by atoms with Crippen molar-refractivity contribution in [1.29, 1.82) is 5.41 Å². The molecule has 9 N–H and O–H groups in total. The first kappa shape index (κ1) is 36.5. The molecule has 3 rings (SSSR count). The van der Waals surface area contributed by atoms with Gasteiger partial charge in [0.2, 0.25) is 0 Å². The molecule has 2 aliphatic rings. The predicted octanol–water partition coefficient (Wildman–Crippen LogP) is 3.58. The minimum atomic E-state index is -0.923. The Morgan fingerprint density at radius 2 is 2.13 bits per heavy atom. The Hall–Kier alpha value is -3.93. The number of carbonyl (C=O) groups excluding carboxylic acids is 1. The summed E-state index contributed by atoms with van der Waals surface area (Å²) in [6.45, 7) is 12.9. The number of amides is 1. The standard InChI is InChI=1S/C35H54N8O3/c1-6-9-29(33-15-25(20-41-33)27(17-36)19-38-22-28(45)23-44)30(18-37)31(10-7-2)42-32-16-26(21-40-24(32)3)34(46)39-12-14-43-13-8-11-35(43,4)5/h10,15-21,24,28,37,40-42,44-45H,6-9,11-14,22-23,36H2,1-5H3,(H,39,46)/b27-17+,30-29+,31-10?,37-18?,38-19?. The van der Waals surface area contributed by atoms with Crippen LogP contribution in [-0.2, 0) is 4.79 Å². The van der Waals surface area contributed by atoms with E-state index in [2.05, 4.69) is 64.6 Å². The molecule has 1 saturated heterocycles. The molecule has 2 atom stereocenters. The number of nitrogens with zero attached hydrogens (tertiary/aromatic N) is 2. The van der Waals surface area contributed by atoms with Crippen LogP contribution in [0.3, 0.4) is 0 Å². The number of aliphatic imine (C=N–C) groups is 1. The van der Waals surface area contributed by atoms with Crippen LogP contribution >= 0.6 is 0 Å². The van der Waals surface area contributed by atoms with E-state index in [1.807, 2.05) is 25.3 Å². The molecule has 1 fully saturated rings. The van der Waals surface area contributed by atoms with E-state index < -0.39 is 6.10 Å². The number of hydrogen-bond donors (Lipinski definition) is 8. The summed E-state index contributed by atoms with van der Waals surface area (Å²) in [6, 6.07) is 1.91. The van der Waals surface area contributed by atoms with Gasteiger partial charge in [-0.2, -0.15) is 0 Å². The van der Waals surface area contributed by atoms with Gasteiger partial charge in [0.15, 0.2) is 0 Å². The smallest absolute Gasteiger partial charge is 0.252 e. The number of nitrogens with two attached hydrogens (primary N) is 1. The fraction of sp³-hybridized carbons (Fsp3) is 0.514. The zero-order chi connectivity index (χ0) is 33.7. The summed E-state index contributed by atoms with van der Waals surface area (Å²) >= 11 is 0. The minimum absolute atomic E-state index is 0.0678. The fourth-order valence-corrected chi connectivity index (χ4v) is 5.76. The summed E-state index contributed by atoms with van der Waals surface area (Å²) in [5.74, 6) is -0.122. The van der Waals surface area contributed by atoms with E-state index in [1.54, 1.807) is 12.4 Å². The third-order valence-corrected chi connectivity index (χ3v) is 8.49. The van der Waals surface area contributed by atoms with E-state index in [4.69, 9.17) is 16.2 Å². The molecule has 0 bridgehead atoms. The molecule has 1 aromatic rings. The monoisotopic (exact) mass is 634 g/mol. The number of H-pyrrole nitrogens is 1. The molecule has 11 heteroatoms. The van der Waals surface area contributed by atoms with Gasteiger partial charge in [-0.25, -0.2) is 0 Å². The first-order valence-electron chi connectivity index (χ1n) is 16.4. The van der Waals surface area contributed by atoms with Crippen molar-refractivity contribution in [3.05, 3.63) is 70.6 Å². The predicted molar refractivity (Wildman–Crippen MR) is 188 cm³/mol. The number of likely N-dealkylation sites (tertiary alicyclic amines) is 1. The van der Waals surface area contributed by atoms with Crippen LogP contribution in [0.2, 0.25) is 0 Å². The van der Waals surface area contributed by atoms with Crippen molar-refractivity contribution in [3.8, 4) is 0 Å². The van der Waals surface area contributed by atoms with Crippen molar-refractivity contribution < 1.29 is 15.0 Å². The molecule has 46 heavy (non-hydrogen) atoms. The topological polar surface area (TPSA) is 175 Å². The van der Waals surface area contributed by atoms with Crippen LogP contribution in [0.4, 0.5) is 0 Å². The number of hydrogen-bond acceptors (Lipinski definition) is 9. The Bertz CT molecular complexity index is 1380. The van der Waals surface area contributed by atoms with Gasteiger partial charge in [0, 0.05) is 83.5 Å². The van der Waals surface area contributed by atoms with Crippen molar-refractivity contribution >= 4 is 29.5 Å². The number of nitrogens with one attached hydrogen (secondary N) is 5. The fourth-order valence-electron chi connectivity index (χ4n) is 5.76. The Morgan fingerprint density at radius 1 is 1.35 bits per heavy atom. The van der Waals surface area contributed by atoms with E-state index in [9.17, 15) is 9.90 Å². The van der Waals surface area contributed by atoms with Crippen molar-refractivity contribution in [2.45, 2.75) is 84.4 Å². The van der Waals surface area contributed by atoms with Gasteiger partial charge < -0.3 is 42.3 Å². The maximum Gasteiger partial charge on any atom is 0.252 e. The molecule has 252 valence electrons. The minimum Gasteiger partial charge on any atom is -0.404 e. The number of aliphatic hydroxyl groups excluding tert-OH is 2. The zero-order valence-corrected chi connectivity index (χ0v) is 28.1. The Balaban J connectivity index is 1.83. The molecule has 2 aliphatic heterocycles. The third kappa shape index (κ3) is 9.78. The van der Waals surface area contributed by atoms with Gasteiger partial charge in [-0.15, -0.1) is 0 Å². The number of rotatable bonds is 17. The average molecular weight is 635 g/mol. The van der Waals surface area contributed by atoms with Gasteiger partial charge in [-0.1, -0.05) is 26.3 Å². The van der Waals surface area contributed by atoms with Crippen molar-refractivity contribution in [1.82, 2.24) is 25.8 Å². The Labute approximate surface area is 274 Å². The van der Waals surface area contributed by atoms with Gasteiger partial charge in [-0.3, -0.25) is 14.7 Å². The quantitative estimate of drug-likeness (QED) is 0.0955. The molecule has 0 aliphatic carbocycles. The Kier molecular flexibility index (Phi) is 14.0. The van der Waals surface area contributed by atoms with E-state index in [-0.39, 0.29) is 30.6 Å². The van der Waals surface area contributed by atoms with E-state index in [0.29, 0.717) is 17.7 Å². The average Bonchev–Trinajstić information content (AvgIpc) is 3.66. The van der Waals surface area contributed by atoms with E-state index in [0.717, 1.165) is 66.1 Å². The summed E-state index contributed by atoms with van der Waals surface area (Å²) in [5.41, 5.74) is 12.3. The number of carbonyl (C=O) groups is 1. The Morgan fingerprint density at radius 3 is 2.76 bits per heavy atom. The maximum atomic E-state index is 13.1. The number of dihydropyridines is 1. The highest BCUT2D eigenvalue weighted by Gasteiger charge is 2.31. The molecule has 1 aromatic heterocycles. The van der Waals surface area contributed by atoms with Crippen LogP contribution in [0.5, 0.6) is 0 Å². The van der Waals surface area contributed by atoms with Crippen molar-refractivity contribution in [3.63, 3.8) is 0 Å². The van der Waals surface area contributed by atoms with Gasteiger partial charge in [-0.05, 0) is 70.7 Å². The van der Waals surface area contributed by atoms with Crippen LogP contribution in [0.25, 0.3) is 11.1 Å². The molecule has 0 spiro atoms. The van der Waals surface area contributed by atoms with Crippen LogP contribution in [0.1, 0.15) is 78.0 Å².